The van der Waals surface area contributed by atoms with E-state index in [1.165, 1.54) is 18.5 Å². The van der Waals surface area contributed by atoms with E-state index in [9.17, 15) is 9.59 Å². The van der Waals surface area contributed by atoms with Gasteiger partial charge in [0.05, 0.1) is 0 Å². The fraction of sp³-hybridized carbons (Fsp3) is 0.400. The third-order valence-corrected chi connectivity index (χ3v) is 2.97. The molecular weight excluding hydrogens is 260 g/mol. The Morgan fingerprint density at radius 3 is 3.00 bits per heavy atom. The maximum absolute atomic E-state index is 11.5. The Balaban J connectivity index is 2.62. The quantitative estimate of drug-likeness (QED) is 0.812. The Labute approximate surface area is 96.2 Å². The van der Waals surface area contributed by atoms with Crippen LogP contribution in [0.15, 0.2) is 23.3 Å². The standard InChI is InChI=1S/C10H13BrN2O2/c1-2-7(11)5-13-10(15)8-6-12-4-3-9(8)14/h3-4,6-7H,2,5H2,1H3,(H,12,14)(H,13,15). The zero-order valence-corrected chi connectivity index (χ0v) is 10.0. The Morgan fingerprint density at radius 1 is 1.67 bits per heavy atom. The van der Waals surface area contributed by atoms with E-state index in [1.807, 2.05) is 6.92 Å². The molecule has 0 aliphatic heterocycles. The molecule has 1 unspecified atom stereocenters. The Hall–Kier alpha value is -1.10. The average molecular weight is 273 g/mol. The van der Waals surface area contributed by atoms with Gasteiger partial charge in [-0.25, -0.2) is 0 Å². The van der Waals surface area contributed by atoms with Crippen molar-refractivity contribution in [2.75, 3.05) is 6.54 Å². The van der Waals surface area contributed by atoms with Crippen molar-refractivity contribution in [3.8, 4) is 0 Å². The second-order valence-electron chi connectivity index (χ2n) is 3.14. The van der Waals surface area contributed by atoms with Gasteiger partial charge in [0.15, 0.2) is 5.43 Å². The predicted molar refractivity (Wildman–Crippen MR) is 62.4 cm³/mol. The molecule has 0 aliphatic carbocycles. The highest BCUT2D eigenvalue weighted by Gasteiger charge is 2.10. The topological polar surface area (TPSA) is 62.0 Å². The molecule has 0 aliphatic rings. The van der Waals surface area contributed by atoms with Gasteiger partial charge in [-0.15, -0.1) is 0 Å². The van der Waals surface area contributed by atoms with Crippen molar-refractivity contribution >= 4 is 21.8 Å². The van der Waals surface area contributed by atoms with Crippen LogP contribution in [0.2, 0.25) is 0 Å². The number of aromatic nitrogens is 1. The van der Waals surface area contributed by atoms with Crippen molar-refractivity contribution in [2.24, 2.45) is 0 Å². The molecule has 0 radical (unpaired) electrons. The Kier molecular flexibility index (Phi) is 4.55. The molecule has 1 rings (SSSR count). The van der Waals surface area contributed by atoms with Gasteiger partial charge in [-0.2, -0.15) is 0 Å². The fourth-order valence-electron chi connectivity index (χ4n) is 1.04. The zero-order chi connectivity index (χ0) is 11.3. The number of amides is 1. The molecule has 0 saturated heterocycles. The minimum absolute atomic E-state index is 0.147. The van der Waals surface area contributed by atoms with Crippen LogP contribution in [0.5, 0.6) is 0 Å². The van der Waals surface area contributed by atoms with Crippen LogP contribution in [0.3, 0.4) is 0 Å². The molecule has 0 spiro atoms. The van der Waals surface area contributed by atoms with Crippen molar-refractivity contribution in [1.82, 2.24) is 10.3 Å². The van der Waals surface area contributed by atoms with Crippen LogP contribution in [0.1, 0.15) is 23.7 Å². The molecule has 1 aromatic heterocycles. The highest BCUT2D eigenvalue weighted by molar-refractivity contribution is 9.09. The first kappa shape index (κ1) is 12.0. The van der Waals surface area contributed by atoms with E-state index in [0.29, 0.717) is 6.54 Å². The molecule has 82 valence electrons. The highest BCUT2D eigenvalue weighted by Crippen LogP contribution is 2.02. The van der Waals surface area contributed by atoms with Gasteiger partial charge in [0.2, 0.25) is 0 Å². The summed E-state index contributed by atoms with van der Waals surface area (Å²) in [6, 6.07) is 1.33. The van der Waals surface area contributed by atoms with Crippen LogP contribution in [0.25, 0.3) is 0 Å². The summed E-state index contributed by atoms with van der Waals surface area (Å²) >= 11 is 3.40. The lowest BCUT2D eigenvalue weighted by atomic mass is 10.2. The number of nitrogens with one attached hydrogen (secondary N) is 2. The molecule has 1 atom stereocenters. The zero-order valence-electron chi connectivity index (χ0n) is 8.42. The average Bonchev–Trinajstić information content (AvgIpc) is 2.26. The smallest absolute Gasteiger partial charge is 0.256 e. The summed E-state index contributed by atoms with van der Waals surface area (Å²) in [6.45, 7) is 2.53. The lowest BCUT2D eigenvalue weighted by molar-refractivity contribution is 0.0952. The van der Waals surface area contributed by atoms with Gasteiger partial charge in [-0.3, -0.25) is 9.59 Å². The minimum Gasteiger partial charge on any atom is -0.367 e. The molecule has 0 fully saturated rings. The lowest BCUT2D eigenvalue weighted by Gasteiger charge is -2.07. The summed E-state index contributed by atoms with van der Waals surface area (Å²) in [4.78, 5) is 25.8. The first-order valence-electron chi connectivity index (χ1n) is 4.74. The molecule has 1 heterocycles. The number of pyridine rings is 1. The van der Waals surface area contributed by atoms with Crippen molar-refractivity contribution in [3.63, 3.8) is 0 Å². The van der Waals surface area contributed by atoms with Crippen LogP contribution < -0.4 is 10.7 Å². The normalized spacial score (nSPS) is 12.1. The third kappa shape index (κ3) is 3.51. The second kappa shape index (κ2) is 5.70. The number of aromatic amines is 1. The van der Waals surface area contributed by atoms with Crippen molar-refractivity contribution in [1.29, 1.82) is 0 Å². The number of alkyl halides is 1. The molecule has 2 N–H and O–H groups in total. The number of rotatable bonds is 4. The predicted octanol–water partition coefficient (Wildman–Crippen LogP) is 1.28. The molecule has 4 nitrogen and oxygen atoms in total. The van der Waals surface area contributed by atoms with Crippen LogP contribution >= 0.6 is 15.9 Å². The van der Waals surface area contributed by atoms with Crippen molar-refractivity contribution < 1.29 is 4.79 Å². The summed E-state index contributed by atoms with van der Waals surface area (Å²) in [5.74, 6) is -0.338. The number of hydrogen-bond donors (Lipinski definition) is 2. The Bertz CT molecular complexity index is 389. The van der Waals surface area contributed by atoms with E-state index >= 15 is 0 Å². The molecule has 15 heavy (non-hydrogen) atoms. The largest absolute Gasteiger partial charge is 0.367 e. The summed E-state index contributed by atoms with van der Waals surface area (Å²) in [6.07, 6.45) is 3.83. The number of hydrogen-bond acceptors (Lipinski definition) is 2. The number of H-pyrrole nitrogens is 1. The van der Waals surface area contributed by atoms with E-state index in [4.69, 9.17) is 0 Å². The summed E-state index contributed by atoms with van der Waals surface area (Å²) in [7, 11) is 0. The minimum atomic E-state index is -0.338. The molecule has 0 aromatic carbocycles. The SMILES string of the molecule is CCC(Br)CNC(=O)c1c[nH]ccc1=O. The van der Waals surface area contributed by atoms with Crippen LogP contribution in [-0.4, -0.2) is 22.3 Å². The lowest BCUT2D eigenvalue weighted by Crippen LogP contribution is -2.32. The van der Waals surface area contributed by atoms with Gasteiger partial charge in [-0.05, 0) is 6.42 Å². The number of halogens is 1. The summed E-state index contributed by atoms with van der Waals surface area (Å²) in [5, 5.41) is 2.68. The van der Waals surface area contributed by atoms with Crippen LogP contribution in [0, 0.1) is 0 Å². The Morgan fingerprint density at radius 2 is 2.40 bits per heavy atom. The van der Waals surface area contributed by atoms with Crippen LogP contribution in [-0.2, 0) is 0 Å². The van der Waals surface area contributed by atoms with Gasteiger partial charge in [0.1, 0.15) is 5.56 Å². The molecule has 0 bridgehead atoms. The van der Waals surface area contributed by atoms with E-state index < -0.39 is 0 Å². The molecule has 5 heteroatoms. The molecule has 0 saturated carbocycles. The highest BCUT2D eigenvalue weighted by atomic mass is 79.9. The van der Waals surface area contributed by atoms with Gasteiger partial charge in [-0.1, -0.05) is 22.9 Å². The van der Waals surface area contributed by atoms with E-state index in [0.717, 1.165) is 6.42 Å². The maximum Gasteiger partial charge on any atom is 0.256 e. The van der Waals surface area contributed by atoms with Gasteiger partial charge < -0.3 is 10.3 Å². The first-order chi connectivity index (χ1) is 7.15. The first-order valence-corrected chi connectivity index (χ1v) is 5.66. The van der Waals surface area contributed by atoms with Crippen molar-refractivity contribution in [2.45, 2.75) is 18.2 Å². The maximum atomic E-state index is 11.5. The van der Waals surface area contributed by atoms with Gasteiger partial charge >= 0.3 is 0 Å². The monoisotopic (exact) mass is 272 g/mol. The third-order valence-electron chi connectivity index (χ3n) is 2.00. The van der Waals surface area contributed by atoms with Gasteiger partial charge in [0.25, 0.3) is 5.91 Å². The summed E-state index contributed by atoms with van der Waals surface area (Å²) in [5.41, 5.74) is -0.123. The molecular formula is C10H13BrN2O2. The van der Waals surface area contributed by atoms with Crippen molar-refractivity contribution in [3.05, 3.63) is 34.2 Å². The summed E-state index contributed by atoms with van der Waals surface area (Å²) < 4.78 is 0. The van der Waals surface area contributed by atoms with E-state index in [1.54, 1.807) is 0 Å². The molecule has 1 aromatic rings. The molecule has 1 amide bonds. The fourth-order valence-corrected chi connectivity index (χ4v) is 1.20. The van der Waals surface area contributed by atoms with Crippen LogP contribution in [0.4, 0.5) is 0 Å². The van der Waals surface area contributed by atoms with Gasteiger partial charge in [0, 0.05) is 29.8 Å². The van der Waals surface area contributed by atoms with E-state index in [2.05, 4.69) is 26.2 Å². The number of carbonyl (C=O) groups excluding carboxylic acids is 1. The second-order valence-corrected chi connectivity index (χ2v) is 4.43. The number of carbonyl (C=O) groups is 1. The van der Waals surface area contributed by atoms with E-state index in [-0.39, 0.29) is 21.7 Å².